The van der Waals surface area contributed by atoms with Gasteiger partial charge in [0.2, 0.25) is 0 Å². The van der Waals surface area contributed by atoms with Crippen LogP contribution in [0.25, 0.3) is 0 Å². The molecule has 1 atom stereocenters. The lowest BCUT2D eigenvalue weighted by Crippen LogP contribution is -2.25. The molecule has 0 saturated carbocycles. The molecule has 0 aromatic heterocycles. The van der Waals surface area contributed by atoms with Gasteiger partial charge < -0.3 is 9.47 Å². The standard InChI is InChI=1S/C20H25FO2/c1-2-15-13-22-20(23-14-15)18-9-5-16(6-10-18)3-4-17-7-11-19(21)12-8-17/h2,5-6,9-11,15,17,20H,1,3-4,7-8,12-14H2. The summed E-state index contributed by atoms with van der Waals surface area (Å²) in [7, 11) is 0. The van der Waals surface area contributed by atoms with Crippen molar-refractivity contribution in [2.45, 2.75) is 38.4 Å². The Bertz CT molecular complexity index is 541. The highest BCUT2D eigenvalue weighted by atomic mass is 19.1. The number of halogens is 1. The number of aryl methyl sites for hydroxylation is 1. The van der Waals surface area contributed by atoms with E-state index < -0.39 is 0 Å². The molecule has 124 valence electrons. The monoisotopic (exact) mass is 316 g/mol. The van der Waals surface area contributed by atoms with Crippen molar-refractivity contribution in [3.05, 3.63) is 60.0 Å². The van der Waals surface area contributed by atoms with Gasteiger partial charge in [-0.3, -0.25) is 0 Å². The van der Waals surface area contributed by atoms with Crippen molar-refractivity contribution >= 4 is 0 Å². The number of allylic oxidation sites excluding steroid dienone is 2. The Kier molecular flexibility index (Phi) is 5.63. The summed E-state index contributed by atoms with van der Waals surface area (Å²) in [6, 6.07) is 8.49. The maximum absolute atomic E-state index is 13.0. The summed E-state index contributed by atoms with van der Waals surface area (Å²) in [5.41, 5.74) is 2.39. The van der Waals surface area contributed by atoms with E-state index in [2.05, 4.69) is 30.8 Å². The molecule has 2 aliphatic rings. The largest absolute Gasteiger partial charge is 0.348 e. The highest BCUT2D eigenvalue weighted by Gasteiger charge is 2.21. The van der Waals surface area contributed by atoms with Crippen molar-refractivity contribution in [3.63, 3.8) is 0 Å². The molecule has 2 nitrogen and oxygen atoms in total. The van der Waals surface area contributed by atoms with Crippen molar-refractivity contribution < 1.29 is 13.9 Å². The lowest BCUT2D eigenvalue weighted by molar-refractivity contribution is -0.197. The molecule has 1 aromatic rings. The number of ether oxygens (including phenoxy) is 2. The minimum atomic E-state index is -0.258. The maximum atomic E-state index is 13.0. The van der Waals surface area contributed by atoms with Gasteiger partial charge in [0.1, 0.15) is 0 Å². The Morgan fingerprint density at radius 3 is 2.52 bits per heavy atom. The summed E-state index contributed by atoms with van der Waals surface area (Å²) < 4.78 is 24.5. The number of hydrogen-bond donors (Lipinski definition) is 0. The van der Waals surface area contributed by atoms with Crippen LogP contribution in [0.2, 0.25) is 0 Å². The van der Waals surface area contributed by atoms with Crippen LogP contribution in [0, 0.1) is 11.8 Å². The first-order chi connectivity index (χ1) is 11.2. The summed E-state index contributed by atoms with van der Waals surface area (Å²) in [4.78, 5) is 0. The van der Waals surface area contributed by atoms with Crippen LogP contribution in [-0.4, -0.2) is 13.2 Å². The highest BCUT2D eigenvalue weighted by molar-refractivity contribution is 5.24. The third-order valence-electron chi connectivity index (χ3n) is 4.81. The van der Waals surface area contributed by atoms with E-state index in [1.165, 1.54) is 5.56 Å². The van der Waals surface area contributed by atoms with Crippen LogP contribution >= 0.6 is 0 Å². The lowest BCUT2D eigenvalue weighted by Gasteiger charge is -2.28. The van der Waals surface area contributed by atoms with Crippen molar-refractivity contribution in [1.82, 2.24) is 0 Å². The predicted octanol–water partition coefficient (Wildman–Crippen LogP) is 5.12. The van der Waals surface area contributed by atoms with Crippen LogP contribution in [0.15, 0.2) is 48.8 Å². The van der Waals surface area contributed by atoms with Gasteiger partial charge in [-0.15, -0.1) is 6.58 Å². The van der Waals surface area contributed by atoms with Gasteiger partial charge in [-0.25, -0.2) is 4.39 Å². The topological polar surface area (TPSA) is 18.5 Å². The van der Waals surface area contributed by atoms with Gasteiger partial charge in [-0.2, -0.15) is 0 Å². The molecule has 23 heavy (non-hydrogen) atoms. The Morgan fingerprint density at radius 2 is 1.91 bits per heavy atom. The van der Waals surface area contributed by atoms with Crippen LogP contribution in [0.5, 0.6) is 0 Å². The quantitative estimate of drug-likeness (QED) is 0.702. The molecule has 1 unspecified atom stereocenters. The van der Waals surface area contributed by atoms with E-state index >= 15 is 0 Å². The minimum Gasteiger partial charge on any atom is -0.348 e. The molecule has 3 heteroatoms. The summed E-state index contributed by atoms with van der Waals surface area (Å²) in [5, 5.41) is 0. The lowest BCUT2D eigenvalue weighted by atomic mass is 9.88. The van der Waals surface area contributed by atoms with Crippen LogP contribution in [0.3, 0.4) is 0 Å². The molecule has 0 spiro atoms. The van der Waals surface area contributed by atoms with Crippen molar-refractivity contribution in [2.24, 2.45) is 11.8 Å². The van der Waals surface area contributed by atoms with Gasteiger partial charge in [-0.05, 0) is 43.6 Å². The zero-order valence-corrected chi connectivity index (χ0v) is 13.5. The molecule has 1 heterocycles. The molecular formula is C20H25FO2. The van der Waals surface area contributed by atoms with Gasteiger partial charge in [0, 0.05) is 11.5 Å². The van der Waals surface area contributed by atoms with E-state index in [-0.39, 0.29) is 12.1 Å². The van der Waals surface area contributed by atoms with E-state index in [9.17, 15) is 4.39 Å². The summed E-state index contributed by atoms with van der Waals surface area (Å²) >= 11 is 0. The normalized spacial score (nSPS) is 28.2. The third-order valence-corrected chi connectivity index (χ3v) is 4.81. The fourth-order valence-electron chi connectivity index (χ4n) is 3.18. The molecule has 0 amide bonds. The molecule has 1 fully saturated rings. The van der Waals surface area contributed by atoms with Crippen molar-refractivity contribution in [1.29, 1.82) is 0 Å². The van der Waals surface area contributed by atoms with Gasteiger partial charge in [0.05, 0.1) is 19.0 Å². The van der Waals surface area contributed by atoms with Crippen LogP contribution < -0.4 is 0 Å². The Balaban J connectivity index is 1.48. The first kappa shape index (κ1) is 16.4. The average Bonchev–Trinajstić information content (AvgIpc) is 2.62. The van der Waals surface area contributed by atoms with E-state index in [1.54, 1.807) is 6.08 Å². The van der Waals surface area contributed by atoms with Crippen LogP contribution in [-0.2, 0) is 15.9 Å². The van der Waals surface area contributed by atoms with Gasteiger partial charge in [0.15, 0.2) is 6.29 Å². The van der Waals surface area contributed by atoms with E-state index in [4.69, 9.17) is 9.47 Å². The second-order valence-electron chi connectivity index (χ2n) is 6.57. The number of hydrogen-bond acceptors (Lipinski definition) is 2. The molecule has 0 N–H and O–H groups in total. The summed E-state index contributed by atoms with van der Waals surface area (Å²) in [6.45, 7) is 5.11. The zero-order chi connectivity index (χ0) is 16.1. The molecule has 1 aliphatic carbocycles. The van der Waals surface area contributed by atoms with Gasteiger partial charge >= 0.3 is 0 Å². The molecule has 1 saturated heterocycles. The minimum absolute atomic E-state index is 0.0665. The fraction of sp³-hybridized carbons (Fsp3) is 0.500. The van der Waals surface area contributed by atoms with Crippen molar-refractivity contribution in [3.8, 4) is 0 Å². The molecule has 1 aliphatic heterocycles. The van der Waals surface area contributed by atoms with Gasteiger partial charge in [0.25, 0.3) is 0 Å². The Morgan fingerprint density at radius 1 is 1.17 bits per heavy atom. The van der Waals surface area contributed by atoms with Crippen LogP contribution in [0.1, 0.15) is 43.1 Å². The zero-order valence-electron chi connectivity index (χ0n) is 13.5. The van der Waals surface area contributed by atoms with Gasteiger partial charge in [-0.1, -0.05) is 36.4 Å². The van der Waals surface area contributed by atoms with E-state index in [0.29, 0.717) is 31.5 Å². The van der Waals surface area contributed by atoms with E-state index in [1.807, 2.05) is 6.08 Å². The summed E-state index contributed by atoms with van der Waals surface area (Å²) in [6.07, 6.45) is 8.04. The molecule has 3 rings (SSSR count). The molecule has 0 radical (unpaired) electrons. The molecule has 1 aromatic carbocycles. The predicted molar refractivity (Wildman–Crippen MR) is 89.6 cm³/mol. The first-order valence-electron chi connectivity index (χ1n) is 8.53. The number of rotatable bonds is 5. The smallest absolute Gasteiger partial charge is 0.183 e. The maximum Gasteiger partial charge on any atom is 0.183 e. The third kappa shape index (κ3) is 4.52. The fourth-order valence-corrected chi connectivity index (χ4v) is 3.18. The molecule has 0 bridgehead atoms. The second-order valence-corrected chi connectivity index (χ2v) is 6.57. The Hall–Kier alpha value is -1.45. The Labute approximate surface area is 138 Å². The van der Waals surface area contributed by atoms with Crippen LogP contribution in [0.4, 0.5) is 4.39 Å². The average molecular weight is 316 g/mol. The summed E-state index contributed by atoms with van der Waals surface area (Å²) in [5.74, 6) is 0.978. The van der Waals surface area contributed by atoms with E-state index in [0.717, 1.165) is 31.2 Å². The second kappa shape index (κ2) is 7.89. The first-order valence-corrected chi connectivity index (χ1v) is 8.53. The number of benzene rings is 1. The molecular weight excluding hydrogens is 291 g/mol. The SMILES string of the molecule is C=CC1COC(c2ccc(CCC3CC=C(F)CC3)cc2)OC1. The van der Waals surface area contributed by atoms with Crippen molar-refractivity contribution in [2.75, 3.05) is 13.2 Å². The highest BCUT2D eigenvalue weighted by Crippen LogP contribution is 2.29.